The van der Waals surface area contributed by atoms with E-state index in [1.54, 1.807) is 4.90 Å². The fourth-order valence-corrected chi connectivity index (χ4v) is 1.95. The minimum Gasteiger partial charge on any atom is -0.481 e. The summed E-state index contributed by atoms with van der Waals surface area (Å²) in [5.41, 5.74) is 0. The highest BCUT2D eigenvalue weighted by Crippen LogP contribution is 2.16. The maximum atomic E-state index is 11.4. The monoisotopic (exact) mass is 214 g/mol. The first kappa shape index (κ1) is 12.0. The van der Waals surface area contributed by atoms with Crippen LogP contribution >= 0.6 is 0 Å². The molecule has 1 aliphatic heterocycles. The molecule has 1 saturated heterocycles. The van der Waals surface area contributed by atoms with Crippen LogP contribution in [0, 0.1) is 0 Å². The first-order valence-electron chi connectivity index (χ1n) is 5.11. The highest BCUT2D eigenvalue weighted by molar-refractivity contribution is 5.75. The summed E-state index contributed by atoms with van der Waals surface area (Å²) in [6.07, 6.45) is 0.0244. The minimum atomic E-state index is -0.853. The summed E-state index contributed by atoms with van der Waals surface area (Å²) in [5.74, 6) is -0.893. The van der Waals surface area contributed by atoms with Crippen molar-refractivity contribution in [2.45, 2.75) is 32.4 Å². The highest BCUT2D eigenvalue weighted by atomic mass is 16.4. The van der Waals surface area contributed by atoms with Gasteiger partial charge in [-0.3, -0.25) is 14.5 Å². The molecule has 1 amide bonds. The molecule has 2 atom stereocenters. The number of rotatable bonds is 2. The minimum absolute atomic E-state index is 0.0244. The zero-order valence-electron chi connectivity index (χ0n) is 9.43. The van der Waals surface area contributed by atoms with E-state index >= 15 is 0 Å². The van der Waals surface area contributed by atoms with Crippen LogP contribution in [0.15, 0.2) is 0 Å². The number of hydrogen-bond donors (Lipinski definition) is 1. The number of carboxylic acid groups (broad SMARTS) is 1. The Bertz CT molecular complexity index is 267. The summed E-state index contributed by atoms with van der Waals surface area (Å²) in [5, 5.41) is 8.76. The van der Waals surface area contributed by atoms with Gasteiger partial charge in [0, 0.05) is 26.1 Å². The largest absolute Gasteiger partial charge is 0.481 e. The molecule has 0 aromatic rings. The summed E-state index contributed by atoms with van der Waals surface area (Å²) in [7, 11) is 1.96. The molecule has 15 heavy (non-hydrogen) atoms. The van der Waals surface area contributed by atoms with Gasteiger partial charge in [-0.05, 0) is 14.0 Å². The van der Waals surface area contributed by atoms with Crippen molar-refractivity contribution in [1.82, 2.24) is 9.80 Å². The second kappa shape index (κ2) is 4.61. The van der Waals surface area contributed by atoms with Crippen LogP contribution in [0.2, 0.25) is 0 Å². The van der Waals surface area contributed by atoms with E-state index in [0.717, 1.165) is 0 Å². The van der Waals surface area contributed by atoms with Gasteiger partial charge in [-0.2, -0.15) is 0 Å². The number of carbonyl (C=O) groups excluding carboxylic acids is 1. The Kier molecular flexibility index (Phi) is 3.68. The number of piperazine rings is 1. The van der Waals surface area contributed by atoms with Crippen molar-refractivity contribution in [2.24, 2.45) is 0 Å². The van der Waals surface area contributed by atoms with E-state index < -0.39 is 5.97 Å². The van der Waals surface area contributed by atoms with E-state index in [9.17, 15) is 9.59 Å². The van der Waals surface area contributed by atoms with Gasteiger partial charge in [0.2, 0.25) is 5.91 Å². The Morgan fingerprint density at radius 3 is 2.47 bits per heavy atom. The van der Waals surface area contributed by atoms with Crippen LogP contribution in [0.25, 0.3) is 0 Å². The molecule has 0 aromatic carbocycles. The SMILES string of the molecule is CC(=O)N1C[C@H](C)N(C)C[C@@H]1CC(=O)O. The third-order valence-electron chi connectivity index (χ3n) is 2.97. The number of nitrogens with zero attached hydrogens (tertiary/aromatic N) is 2. The molecule has 1 rings (SSSR count). The smallest absolute Gasteiger partial charge is 0.305 e. The molecule has 1 aliphatic rings. The number of aliphatic carboxylic acids is 1. The van der Waals surface area contributed by atoms with E-state index in [0.29, 0.717) is 19.1 Å². The second-order valence-corrected chi connectivity index (χ2v) is 4.21. The molecule has 0 bridgehead atoms. The number of likely N-dealkylation sites (N-methyl/N-ethyl adjacent to an activating group) is 1. The van der Waals surface area contributed by atoms with Crippen LogP contribution in [-0.4, -0.2) is 59.0 Å². The predicted octanol–water partition coefficient (Wildman–Crippen LogP) is 0.0121. The molecule has 1 heterocycles. The van der Waals surface area contributed by atoms with E-state index in [-0.39, 0.29) is 18.4 Å². The zero-order chi connectivity index (χ0) is 11.6. The molecule has 0 aliphatic carbocycles. The summed E-state index contributed by atoms with van der Waals surface area (Å²) in [6.45, 7) is 4.77. The van der Waals surface area contributed by atoms with Crippen molar-refractivity contribution < 1.29 is 14.7 Å². The molecule has 1 N–H and O–H groups in total. The van der Waals surface area contributed by atoms with Gasteiger partial charge >= 0.3 is 5.97 Å². The third kappa shape index (κ3) is 2.92. The summed E-state index contributed by atoms with van der Waals surface area (Å²) in [6, 6.07) is 0.0974. The molecule has 0 saturated carbocycles. The Morgan fingerprint density at radius 1 is 1.40 bits per heavy atom. The van der Waals surface area contributed by atoms with Crippen molar-refractivity contribution in [3.8, 4) is 0 Å². The first-order chi connectivity index (χ1) is 6.91. The van der Waals surface area contributed by atoms with Gasteiger partial charge < -0.3 is 10.0 Å². The van der Waals surface area contributed by atoms with Crippen molar-refractivity contribution in [2.75, 3.05) is 20.1 Å². The lowest BCUT2D eigenvalue weighted by Crippen LogP contribution is -2.57. The Balaban J connectivity index is 2.72. The topological polar surface area (TPSA) is 60.9 Å². The van der Waals surface area contributed by atoms with Crippen LogP contribution < -0.4 is 0 Å². The predicted molar refractivity (Wildman–Crippen MR) is 55.5 cm³/mol. The van der Waals surface area contributed by atoms with Crippen LogP contribution in [0.3, 0.4) is 0 Å². The fourth-order valence-electron chi connectivity index (χ4n) is 1.95. The van der Waals surface area contributed by atoms with Crippen molar-refractivity contribution in [3.05, 3.63) is 0 Å². The number of amides is 1. The Labute approximate surface area is 89.7 Å². The van der Waals surface area contributed by atoms with E-state index in [2.05, 4.69) is 4.90 Å². The van der Waals surface area contributed by atoms with Gasteiger partial charge in [0.15, 0.2) is 0 Å². The van der Waals surface area contributed by atoms with Gasteiger partial charge in [0.25, 0.3) is 0 Å². The van der Waals surface area contributed by atoms with Gasteiger partial charge in [-0.15, -0.1) is 0 Å². The molecule has 86 valence electrons. The first-order valence-corrected chi connectivity index (χ1v) is 5.11. The molecule has 0 radical (unpaired) electrons. The molecular formula is C10H18N2O3. The van der Waals surface area contributed by atoms with E-state index in [1.807, 2.05) is 14.0 Å². The fraction of sp³-hybridized carbons (Fsp3) is 0.800. The third-order valence-corrected chi connectivity index (χ3v) is 2.97. The molecule has 5 heteroatoms. The lowest BCUT2D eigenvalue weighted by molar-refractivity contribution is -0.142. The van der Waals surface area contributed by atoms with Crippen LogP contribution in [0.5, 0.6) is 0 Å². The normalized spacial score (nSPS) is 27.8. The molecular weight excluding hydrogens is 196 g/mol. The van der Waals surface area contributed by atoms with Crippen molar-refractivity contribution in [3.63, 3.8) is 0 Å². The quantitative estimate of drug-likeness (QED) is 0.703. The average Bonchev–Trinajstić information content (AvgIpc) is 2.09. The maximum Gasteiger partial charge on any atom is 0.305 e. The summed E-state index contributed by atoms with van der Waals surface area (Å²) in [4.78, 5) is 25.8. The van der Waals surface area contributed by atoms with Gasteiger partial charge in [0.1, 0.15) is 0 Å². The molecule has 0 unspecified atom stereocenters. The maximum absolute atomic E-state index is 11.4. The molecule has 5 nitrogen and oxygen atoms in total. The van der Waals surface area contributed by atoms with Crippen molar-refractivity contribution >= 4 is 11.9 Å². The summed E-state index contributed by atoms with van der Waals surface area (Å²) < 4.78 is 0. The molecule has 0 aromatic heterocycles. The van der Waals surface area contributed by atoms with Crippen molar-refractivity contribution in [1.29, 1.82) is 0 Å². The van der Waals surface area contributed by atoms with Gasteiger partial charge in [-0.1, -0.05) is 0 Å². The number of hydrogen-bond acceptors (Lipinski definition) is 3. The number of carboxylic acids is 1. The lowest BCUT2D eigenvalue weighted by atomic mass is 10.1. The van der Waals surface area contributed by atoms with Gasteiger partial charge in [0.05, 0.1) is 12.5 Å². The molecule has 0 spiro atoms. The van der Waals surface area contributed by atoms with Crippen LogP contribution in [0.1, 0.15) is 20.3 Å². The summed E-state index contributed by atoms with van der Waals surface area (Å²) >= 11 is 0. The average molecular weight is 214 g/mol. The number of carbonyl (C=O) groups is 2. The van der Waals surface area contributed by atoms with Gasteiger partial charge in [-0.25, -0.2) is 0 Å². The zero-order valence-corrected chi connectivity index (χ0v) is 9.43. The van der Waals surface area contributed by atoms with Crippen LogP contribution in [0.4, 0.5) is 0 Å². The highest BCUT2D eigenvalue weighted by Gasteiger charge is 2.32. The second-order valence-electron chi connectivity index (χ2n) is 4.21. The standard InChI is InChI=1S/C10H18N2O3/c1-7-5-12(8(2)13)9(4-10(14)15)6-11(7)3/h7,9H,4-6H2,1-3H3,(H,14,15)/t7-,9-/m0/s1. The molecule has 1 fully saturated rings. The lowest BCUT2D eigenvalue weighted by Gasteiger charge is -2.43. The Hall–Kier alpha value is -1.10. The Morgan fingerprint density at radius 2 is 2.00 bits per heavy atom. The van der Waals surface area contributed by atoms with E-state index in [4.69, 9.17) is 5.11 Å². The van der Waals surface area contributed by atoms with Crippen LogP contribution in [-0.2, 0) is 9.59 Å². The van der Waals surface area contributed by atoms with E-state index in [1.165, 1.54) is 6.92 Å².